The molecule has 0 bridgehead atoms. The van der Waals surface area contributed by atoms with E-state index < -0.39 is 0 Å². The monoisotopic (exact) mass is 285 g/mol. The fraction of sp³-hybridized carbons (Fsp3) is 0.471. The summed E-state index contributed by atoms with van der Waals surface area (Å²) in [4.78, 5) is 6.97. The Bertz CT molecular complexity index is 576. The molecule has 1 unspecified atom stereocenters. The summed E-state index contributed by atoms with van der Waals surface area (Å²) in [5.41, 5.74) is 2.37. The first-order chi connectivity index (χ1) is 10.3. The molecular formula is C17H23N3O. The molecule has 0 spiro atoms. The van der Waals surface area contributed by atoms with Crippen molar-refractivity contribution >= 4 is 10.9 Å². The number of nitrogens with zero attached hydrogens (tertiary/aromatic N) is 2. The molecule has 0 aliphatic carbocycles. The third-order valence-corrected chi connectivity index (χ3v) is 3.99. The maximum Gasteiger partial charge on any atom is 0.0746 e. The Kier molecular flexibility index (Phi) is 4.80. The fourth-order valence-electron chi connectivity index (χ4n) is 2.83. The smallest absolute Gasteiger partial charge is 0.0746 e. The van der Waals surface area contributed by atoms with Gasteiger partial charge in [-0.25, -0.2) is 0 Å². The van der Waals surface area contributed by atoms with Crippen molar-refractivity contribution in [3.63, 3.8) is 0 Å². The van der Waals surface area contributed by atoms with Crippen molar-refractivity contribution in [2.75, 3.05) is 32.8 Å². The number of fused-ring (bicyclic) bond motifs is 1. The van der Waals surface area contributed by atoms with E-state index in [1.165, 1.54) is 10.9 Å². The van der Waals surface area contributed by atoms with E-state index in [2.05, 4.69) is 46.4 Å². The molecule has 1 N–H and O–H groups in total. The van der Waals surface area contributed by atoms with Crippen molar-refractivity contribution < 1.29 is 4.74 Å². The molecule has 1 aromatic heterocycles. The van der Waals surface area contributed by atoms with Gasteiger partial charge in [-0.15, -0.1) is 0 Å². The lowest BCUT2D eigenvalue weighted by atomic mass is 10.1. The Balaban J connectivity index is 1.58. The minimum Gasteiger partial charge on any atom is -0.379 e. The lowest BCUT2D eigenvalue weighted by Crippen LogP contribution is -2.44. The molecule has 1 aliphatic rings. The van der Waals surface area contributed by atoms with Gasteiger partial charge in [0.15, 0.2) is 0 Å². The van der Waals surface area contributed by atoms with E-state index in [0.717, 1.165) is 44.9 Å². The van der Waals surface area contributed by atoms with Crippen LogP contribution >= 0.6 is 0 Å². The third-order valence-electron chi connectivity index (χ3n) is 3.99. The molecule has 1 saturated heterocycles. The Morgan fingerprint density at radius 2 is 2.05 bits per heavy atom. The summed E-state index contributed by atoms with van der Waals surface area (Å²) in [6.45, 7) is 7.99. The predicted molar refractivity (Wildman–Crippen MR) is 85.3 cm³/mol. The fourth-order valence-corrected chi connectivity index (χ4v) is 2.83. The number of benzene rings is 1. The van der Waals surface area contributed by atoms with Crippen LogP contribution < -0.4 is 5.32 Å². The normalized spacial score (nSPS) is 18.0. The van der Waals surface area contributed by atoms with Crippen molar-refractivity contribution in [3.05, 3.63) is 42.1 Å². The average Bonchev–Trinajstić information content (AvgIpc) is 2.54. The second kappa shape index (κ2) is 6.98. The molecule has 2 aromatic rings. The average molecular weight is 285 g/mol. The van der Waals surface area contributed by atoms with E-state index in [9.17, 15) is 0 Å². The van der Waals surface area contributed by atoms with Crippen LogP contribution in [0.5, 0.6) is 0 Å². The quantitative estimate of drug-likeness (QED) is 0.912. The van der Waals surface area contributed by atoms with Gasteiger partial charge in [0, 0.05) is 43.8 Å². The van der Waals surface area contributed by atoms with Crippen molar-refractivity contribution in [2.45, 2.75) is 19.5 Å². The van der Waals surface area contributed by atoms with Crippen LogP contribution in [0.4, 0.5) is 0 Å². The Morgan fingerprint density at radius 1 is 1.24 bits per heavy atom. The molecule has 21 heavy (non-hydrogen) atoms. The number of rotatable bonds is 5. The van der Waals surface area contributed by atoms with Crippen LogP contribution in [-0.4, -0.2) is 48.8 Å². The van der Waals surface area contributed by atoms with E-state index in [1.807, 2.05) is 12.3 Å². The number of nitrogens with one attached hydrogen (secondary N) is 1. The number of aromatic nitrogens is 1. The number of para-hydroxylation sites is 1. The predicted octanol–water partition coefficient (Wildman–Crippen LogP) is 2.05. The highest BCUT2D eigenvalue weighted by atomic mass is 16.5. The maximum atomic E-state index is 5.39. The van der Waals surface area contributed by atoms with Gasteiger partial charge in [0.2, 0.25) is 0 Å². The van der Waals surface area contributed by atoms with Gasteiger partial charge in [0.25, 0.3) is 0 Å². The number of pyridine rings is 1. The minimum absolute atomic E-state index is 0.460. The molecule has 0 amide bonds. The minimum atomic E-state index is 0.460. The van der Waals surface area contributed by atoms with Gasteiger partial charge in [-0.05, 0) is 18.6 Å². The highest BCUT2D eigenvalue weighted by Crippen LogP contribution is 2.15. The van der Waals surface area contributed by atoms with Crippen molar-refractivity contribution in [1.29, 1.82) is 0 Å². The van der Waals surface area contributed by atoms with E-state index in [4.69, 9.17) is 4.74 Å². The van der Waals surface area contributed by atoms with Crippen LogP contribution in [0.1, 0.15) is 12.5 Å². The Labute approximate surface area is 126 Å². The first-order valence-electron chi connectivity index (χ1n) is 7.69. The van der Waals surface area contributed by atoms with Crippen LogP contribution in [0.25, 0.3) is 10.9 Å². The van der Waals surface area contributed by atoms with Crippen LogP contribution in [0, 0.1) is 0 Å². The van der Waals surface area contributed by atoms with Gasteiger partial charge in [0.1, 0.15) is 0 Å². The highest BCUT2D eigenvalue weighted by molar-refractivity contribution is 5.81. The van der Waals surface area contributed by atoms with Crippen LogP contribution in [0.15, 0.2) is 36.5 Å². The van der Waals surface area contributed by atoms with Gasteiger partial charge >= 0.3 is 0 Å². The standard InChI is InChI=1S/C17H23N3O/c1-14(13-20-8-10-21-11-9-20)19-12-16-5-2-4-15-6-3-7-18-17(15)16/h2-7,14,19H,8-13H2,1H3. The first-order valence-corrected chi connectivity index (χ1v) is 7.69. The lowest BCUT2D eigenvalue weighted by Gasteiger charge is -2.29. The second-order valence-electron chi connectivity index (χ2n) is 5.69. The topological polar surface area (TPSA) is 37.4 Å². The number of hydrogen-bond donors (Lipinski definition) is 1. The molecule has 1 aromatic carbocycles. The summed E-state index contributed by atoms with van der Waals surface area (Å²) < 4.78 is 5.39. The van der Waals surface area contributed by atoms with Crippen molar-refractivity contribution in [2.24, 2.45) is 0 Å². The second-order valence-corrected chi connectivity index (χ2v) is 5.69. The molecule has 1 aliphatic heterocycles. The van der Waals surface area contributed by atoms with Crippen LogP contribution in [0.3, 0.4) is 0 Å². The van der Waals surface area contributed by atoms with Crippen LogP contribution in [0.2, 0.25) is 0 Å². The third kappa shape index (κ3) is 3.79. The number of hydrogen-bond acceptors (Lipinski definition) is 4. The first kappa shape index (κ1) is 14.4. The van der Waals surface area contributed by atoms with Gasteiger partial charge in [-0.2, -0.15) is 0 Å². The zero-order valence-electron chi connectivity index (χ0n) is 12.6. The lowest BCUT2D eigenvalue weighted by molar-refractivity contribution is 0.0343. The Morgan fingerprint density at radius 3 is 2.90 bits per heavy atom. The van der Waals surface area contributed by atoms with Crippen LogP contribution in [-0.2, 0) is 11.3 Å². The molecule has 4 nitrogen and oxygen atoms in total. The van der Waals surface area contributed by atoms with E-state index in [0.29, 0.717) is 6.04 Å². The van der Waals surface area contributed by atoms with Gasteiger partial charge in [-0.1, -0.05) is 24.3 Å². The summed E-state index contributed by atoms with van der Waals surface area (Å²) in [6, 6.07) is 10.9. The maximum absolute atomic E-state index is 5.39. The SMILES string of the molecule is CC(CN1CCOCC1)NCc1cccc2cccnc12. The number of ether oxygens (including phenoxy) is 1. The molecule has 1 atom stereocenters. The van der Waals surface area contributed by atoms with E-state index in [-0.39, 0.29) is 0 Å². The molecule has 112 valence electrons. The largest absolute Gasteiger partial charge is 0.379 e. The molecular weight excluding hydrogens is 262 g/mol. The van der Waals surface area contributed by atoms with Gasteiger partial charge in [-0.3, -0.25) is 9.88 Å². The van der Waals surface area contributed by atoms with Gasteiger partial charge < -0.3 is 10.1 Å². The summed E-state index contributed by atoms with van der Waals surface area (Å²) in [5.74, 6) is 0. The summed E-state index contributed by atoms with van der Waals surface area (Å²) >= 11 is 0. The molecule has 0 radical (unpaired) electrons. The van der Waals surface area contributed by atoms with E-state index >= 15 is 0 Å². The zero-order chi connectivity index (χ0) is 14.5. The molecule has 0 saturated carbocycles. The van der Waals surface area contributed by atoms with E-state index in [1.54, 1.807) is 0 Å². The summed E-state index contributed by atoms with van der Waals surface area (Å²) in [6.07, 6.45) is 1.86. The molecule has 4 heteroatoms. The number of morpholine rings is 1. The summed E-state index contributed by atoms with van der Waals surface area (Å²) in [7, 11) is 0. The van der Waals surface area contributed by atoms with Gasteiger partial charge in [0.05, 0.1) is 18.7 Å². The zero-order valence-corrected chi connectivity index (χ0v) is 12.6. The molecule has 2 heterocycles. The molecule has 3 rings (SSSR count). The highest BCUT2D eigenvalue weighted by Gasteiger charge is 2.13. The van der Waals surface area contributed by atoms with Crippen molar-refractivity contribution in [1.82, 2.24) is 15.2 Å². The Hall–Kier alpha value is -1.49. The molecule has 1 fully saturated rings. The summed E-state index contributed by atoms with van der Waals surface area (Å²) in [5, 5.41) is 4.82. The van der Waals surface area contributed by atoms with Crippen molar-refractivity contribution in [3.8, 4) is 0 Å².